The van der Waals surface area contributed by atoms with Crippen LogP contribution in [-0.2, 0) is 9.68 Å². The molecule has 0 rings (SSSR count). The molecule has 0 heterocycles. The van der Waals surface area contributed by atoms with Gasteiger partial charge in [0.15, 0.2) is 0 Å². The molecule has 4 N–H and O–H groups in total. The molecule has 0 aromatic carbocycles. The van der Waals surface area contributed by atoms with Crippen molar-refractivity contribution in [1.82, 2.24) is 10.8 Å². The number of hydrogen-bond donors (Lipinski definition) is 4. The van der Waals surface area contributed by atoms with Gasteiger partial charge in [0, 0.05) is 5.41 Å². The Balaban J connectivity index is 4.05. The Kier molecular flexibility index (Phi) is 6.89. The minimum absolute atomic E-state index is 0.0261. The van der Waals surface area contributed by atoms with Gasteiger partial charge in [-0.1, -0.05) is 20.3 Å². The Labute approximate surface area is 87.6 Å². The van der Waals surface area contributed by atoms with Crippen molar-refractivity contribution in [3.8, 4) is 0 Å². The summed E-state index contributed by atoms with van der Waals surface area (Å²) < 4.78 is 0. The van der Waals surface area contributed by atoms with E-state index >= 15 is 0 Å². The van der Waals surface area contributed by atoms with E-state index in [1.165, 1.54) is 0 Å². The topological polar surface area (TPSA) is 106 Å². The zero-order valence-corrected chi connectivity index (χ0v) is 8.83. The van der Waals surface area contributed by atoms with Gasteiger partial charge in [-0.15, -0.1) is 0 Å². The highest BCUT2D eigenvalue weighted by Gasteiger charge is 2.26. The summed E-state index contributed by atoms with van der Waals surface area (Å²) in [6.45, 7) is 3.64. The minimum atomic E-state index is -0.553. The molecular formula is C7H18N2O6. The van der Waals surface area contributed by atoms with Gasteiger partial charge in [-0.2, -0.15) is 0 Å². The molecule has 0 atom stereocenters. The third kappa shape index (κ3) is 7.59. The SMILES string of the molecule is CCCC(C)(CON(O)O)CON(O)O. The molecule has 0 aliphatic rings. The van der Waals surface area contributed by atoms with Crippen LogP contribution in [0.2, 0.25) is 0 Å². The molecule has 0 aliphatic carbocycles. The third-order valence-electron chi connectivity index (χ3n) is 1.91. The molecule has 92 valence electrons. The molecule has 0 saturated carbocycles. The minimum Gasteiger partial charge on any atom is -0.266 e. The van der Waals surface area contributed by atoms with Crippen molar-refractivity contribution in [2.24, 2.45) is 5.41 Å². The lowest BCUT2D eigenvalue weighted by molar-refractivity contribution is -0.510. The summed E-state index contributed by atoms with van der Waals surface area (Å²) in [4.78, 5) is 8.95. The molecule has 0 amide bonds. The Morgan fingerprint density at radius 1 is 1.00 bits per heavy atom. The smallest absolute Gasteiger partial charge is 0.0812 e. The average molecular weight is 226 g/mol. The Morgan fingerprint density at radius 2 is 1.40 bits per heavy atom. The van der Waals surface area contributed by atoms with Crippen molar-refractivity contribution < 1.29 is 30.5 Å². The molecule has 0 aromatic rings. The Hall–Kier alpha value is -0.320. The fourth-order valence-corrected chi connectivity index (χ4v) is 1.22. The maximum Gasteiger partial charge on any atom is 0.0812 e. The van der Waals surface area contributed by atoms with E-state index in [2.05, 4.69) is 9.68 Å². The lowest BCUT2D eigenvalue weighted by Crippen LogP contribution is -2.34. The van der Waals surface area contributed by atoms with Crippen LogP contribution in [0.1, 0.15) is 26.7 Å². The predicted molar refractivity (Wildman–Crippen MR) is 45.7 cm³/mol. The molecule has 8 nitrogen and oxygen atoms in total. The maximum absolute atomic E-state index is 8.38. The first-order valence-corrected chi connectivity index (χ1v) is 4.51. The van der Waals surface area contributed by atoms with E-state index in [1.54, 1.807) is 6.92 Å². The summed E-state index contributed by atoms with van der Waals surface area (Å²) in [5.41, 5.74) is -0.553. The lowest BCUT2D eigenvalue weighted by atomic mass is 9.88. The number of rotatable bonds is 8. The van der Waals surface area contributed by atoms with Gasteiger partial charge in [-0.05, 0) is 6.42 Å². The van der Waals surface area contributed by atoms with Crippen molar-refractivity contribution in [1.29, 1.82) is 0 Å². The molecule has 0 bridgehead atoms. The highest BCUT2D eigenvalue weighted by Crippen LogP contribution is 2.24. The average Bonchev–Trinajstić information content (AvgIpc) is 2.13. The molecule has 15 heavy (non-hydrogen) atoms. The first-order chi connectivity index (χ1) is 6.89. The molecule has 0 fully saturated rings. The van der Waals surface area contributed by atoms with Crippen molar-refractivity contribution >= 4 is 0 Å². The second-order valence-electron chi connectivity index (χ2n) is 3.61. The van der Waals surface area contributed by atoms with Crippen LogP contribution in [0.5, 0.6) is 0 Å². The van der Waals surface area contributed by atoms with E-state index < -0.39 is 5.41 Å². The normalized spacial score (nSPS) is 12.8. The fraction of sp³-hybridized carbons (Fsp3) is 1.00. The van der Waals surface area contributed by atoms with Crippen LogP contribution in [0.3, 0.4) is 0 Å². The molecule has 8 heteroatoms. The van der Waals surface area contributed by atoms with E-state index in [4.69, 9.17) is 20.8 Å². The first-order valence-electron chi connectivity index (χ1n) is 4.51. The van der Waals surface area contributed by atoms with Gasteiger partial charge >= 0.3 is 0 Å². The second-order valence-corrected chi connectivity index (χ2v) is 3.61. The number of nitrogens with zero attached hydrogens (tertiary/aromatic N) is 2. The fourth-order valence-electron chi connectivity index (χ4n) is 1.22. The highest BCUT2D eigenvalue weighted by molar-refractivity contribution is 4.72. The predicted octanol–water partition coefficient (Wildman–Crippen LogP) is 0.817. The standard InChI is InChI=1S/C7H18N2O6/c1-3-4-7(2,5-14-8(10)11)6-15-9(12)13/h10-13H,3-6H2,1-2H3. The van der Waals surface area contributed by atoms with Crippen molar-refractivity contribution in [3.63, 3.8) is 0 Å². The summed E-state index contributed by atoms with van der Waals surface area (Å²) in [7, 11) is 0. The molecule has 0 spiro atoms. The third-order valence-corrected chi connectivity index (χ3v) is 1.91. The summed E-state index contributed by atoms with van der Waals surface area (Å²) in [6, 6.07) is 0. The lowest BCUT2D eigenvalue weighted by Gasteiger charge is -2.28. The van der Waals surface area contributed by atoms with Crippen LogP contribution in [0, 0.1) is 5.41 Å². The zero-order chi connectivity index (χ0) is 11.9. The first kappa shape index (κ1) is 14.7. The van der Waals surface area contributed by atoms with E-state index in [9.17, 15) is 0 Å². The quantitative estimate of drug-likeness (QED) is 0.451. The molecule has 0 saturated heterocycles. The summed E-state index contributed by atoms with van der Waals surface area (Å²) in [5.74, 6) is 0. The van der Waals surface area contributed by atoms with E-state index in [-0.39, 0.29) is 24.0 Å². The molecule has 0 aliphatic heterocycles. The summed E-state index contributed by atoms with van der Waals surface area (Å²) >= 11 is 0. The van der Waals surface area contributed by atoms with E-state index in [1.807, 2.05) is 6.92 Å². The monoisotopic (exact) mass is 226 g/mol. The van der Waals surface area contributed by atoms with Crippen LogP contribution in [0.15, 0.2) is 0 Å². The van der Waals surface area contributed by atoms with Gasteiger partial charge in [0.2, 0.25) is 0 Å². The van der Waals surface area contributed by atoms with Crippen LogP contribution >= 0.6 is 0 Å². The van der Waals surface area contributed by atoms with Crippen molar-refractivity contribution in [3.05, 3.63) is 0 Å². The van der Waals surface area contributed by atoms with Crippen molar-refractivity contribution in [2.45, 2.75) is 26.7 Å². The van der Waals surface area contributed by atoms with Gasteiger partial charge in [-0.3, -0.25) is 30.5 Å². The van der Waals surface area contributed by atoms with Crippen LogP contribution in [0.25, 0.3) is 0 Å². The van der Waals surface area contributed by atoms with Gasteiger partial charge < -0.3 is 0 Å². The van der Waals surface area contributed by atoms with Crippen LogP contribution in [0.4, 0.5) is 0 Å². The largest absolute Gasteiger partial charge is 0.266 e. The summed E-state index contributed by atoms with van der Waals surface area (Å²) in [6.07, 6.45) is 1.48. The van der Waals surface area contributed by atoms with E-state index in [0.717, 1.165) is 6.42 Å². The van der Waals surface area contributed by atoms with Crippen LogP contribution in [-0.4, -0.2) is 44.8 Å². The van der Waals surface area contributed by atoms with Crippen molar-refractivity contribution in [2.75, 3.05) is 13.2 Å². The van der Waals surface area contributed by atoms with E-state index in [0.29, 0.717) is 6.42 Å². The summed E-state index contributed by atoms with van der Waals surface area (Å²) in [5, 5.41) is 32.7. The molecular weight excluding hydrogens is 208 g/mol. The number of hydrogen-bond acceptors (Lipinski definition) is 8. The van der Waals surface area contributed by atoms with Gasteiger partial charge in [0.25, 0.3) is 0 Å². The molecule has 0 aromatic heterocycles. The van der Waals surface area contributed by atoms with Crippen LogP contribution < -0.4 is 0 Å². The van der Waals surface area contributed by atoms with Gasteiger partial charge in [-0.25, -0.2) is 0 Å². The second kappa shape index (κ2) is 7.04. The Morgan fingerprint density at radius 3 is 1.67 bits per heavy atom. The zero-order valence-electron chi connectivity index (χ0n) is 8.83. The highest BCUT2D eigenvalue weighted by atomic mass is 17.1. The van der Waals surface area contributed by atoms with Gasteiger partial charge in [0.1, 0.15) is 0 Å². The maximum atomic E-state index is 8.38. The Bertz CT molecular complexity index is 154. The van der Waals surface area contributed by atoms with Gasteiger partial charge in [0.05, 0.1) is 24.0 Å². The molecule has 0 radical (unpaired) electrons. The molecule has 0 unspecified atom stereocenters.